The van der Waals surface area contributed by atoms with Crippen LogP contribution in [0, 0.1) is 6.92 Å². The highest BCUT2D eigenvalue weighted by atomic mass is 16.5. The van der Waals surface area contributed by atoms with Crippen molar-refractivity contribution >= 4 is 5.97 Å². The Morgan fingerprint density at radius 3 is 2.94 bits per heavy atom. The van der Waals surface area contributed by atoms with Crippen molar-refractivity contribution in [2.45, 2.75) is 6.92 Å². The minimum atomic E-state index is -0.354. The van der Waals surface area contributed by atoms with E-state index >= 15 is 0 Å². The second-order valence-corrected chi connectivity index (χ2v) is 3.44. The van der Waals surface area contributed by atoms with Crippen molar-refractivity contribution < 1.29 is 9.53 Å². The van der Waals surface area contributed by atoms with Crippen LogP contribution < -0.4 is 0 Å². The van der Waals surface area contributed by atoms with Crippen molar-refractivity contribution in [3.05, 3.63) is 42.0 Å². The van der Waals surface area contributed by atoms with Gasteiger partial charge in [-0.3, -0.25) is 4.98 Å². The van der Waals surface area contributed by atoms with Crippen molar-refractivity contribution in [1.29, 1.82) is 0 Å². The predicted molar refractivity (Wildman–Crippen MR) is 60.1 cm³/mol. The largest absolute Gasteiger partial charge is 0.464 e. The highest BCUT2D eigenvalue weighted by molar-refractivity contribution is 5.91. The van der Waals surface area contributed by atoms with Crippen molar-refractivity contribution in [2.24, 2.45) is 0 Å². The first-order valence-corrected chi connectivity index (χ1v) is 4.90. The molecule has 2 aromatic rings. The quantitative estimate of drug-likeness (QED) is 0.783. The maximum absolute atomic E-state index is 11.4. The normalized spacial score (nSPS) is 10.1. The predicted octanol–water partition coefficient (Wildman–Crippen LogP) is 2.17. The molecule has 0 aliphatic carbocycles. The monoisotopic (exact) mass is 216 g/mol. The number of ether oxygens (including phenoxy) is 1. The molecule has 2 aromatic heterocycles. The average molecular weight is 216 g/mol. The van der Waals surface area contributed by atoms with Crippen LogP contribution in [0.25, 0.3) is 11.1 Å². The van der Waals surface area contributed by atoms with Gasteiger partial charge in [-0.25, -0.2) is 4.79 Å². The highest BCUT2D eigenvalue weighted by Gasteiger charge is 2.15. The summed E-state index contributed by atoms with van der Waals surface area (Å²) in [5.74, 6) is -0.354. The summed E-state index contributed by atoms with van der Waals surface area (Å²) in [6, 6.07) is 3.81. The molecule has 0 fully saturated rings. The van der Waals surface area contributed by atoms with Gasteiger partial charge in [-0.1, -0.05) is 6.07 Å². The van der Waals surface area contributed by atoms with Crippen LogP contribution in [0.1, 0.15) is 16.1 Å². The van der Waals surface area contributed by atoms with Gasteiger partial charge in [0.05, 0.1) is 7.11 Å². The first kappa shape index (κ1) is 10.4. The number of rotatable bonds is 2. The van der Waals surface area contributed by atoms with Gasteiger partial charge in [0.2, 0.25) is 0 Å². The van der Waals surface area contributed by atoms with Crippen LogP contribution in [-0.4, -0.2) is 23.0 Å². The summed E-state index contributed by atoms with van der Waals surface area (Å²) >= 11 is 0. The summed E-state index contributed by atoms with van der Waals surface area (Å²) in [5, 5.41) is 0. The molecule has 0 atom stereocenters. The minimum absolute atomic E-state index is 0.354. The fraction of sp³-hybridized carbons (Fsp3) is 0.167. The number of aromatic nitrogens is 2. The Labute approximate surface area is 93.3 Å². The second-order valence-electron chi connectivity index (χ2n) is 3.44. The molecule has 2 rings (SSSR count). The Kier molecular flexibility index (Phi) is 2.72. The molecule has 0 saturated heterocycles. The third-order valence-corrected chi connectivity index (χ3v) is 2.50. The van der Waals surface area contributed by atoms with Gasteiger partial charge in [0.15, 0.2) is 0 Å². The maximum atomic E-state index is 11.4. The molecule has 0 spiro atoms. The van der Waals surface area contributed by atoms with Crippen LogP contribution >= 0.6 is 0 Å². The van der Waals surface area contributed by atoms with Gasteiger partial charge in [0.1, 0.15) is 5.69 Å². The lowest BCUT2D eigenvalue weighted by molar-refractivity contribution is 0.0594. The number of H-pyrrole nitrogens is 1. The molecule has 4 nitrogen and oxygen atoms in total. The molecule has 0 radical (unpaired) electrons. The summed E-state index contributed by atoms with van der Waals surface area (Å²) in [6.07, 6.45) is 5.27. The number of pyridine rings is 1. The molecule has 0 saturated carbocycles. The molecule has 4 heteroatoms. The average Bonchev–Trinajstić information content (AvgIpc) is 2.71. The number of carbonyl (C=O) groups excluding carboxylic acids is 1. The molecule has 0 amide bonds. The molecule has 0 bridgehead atoms. The second kappa shape index (κ2) is 4.18. The van der Waals surface area contributed by atoms with Crippen molar-refractivity contribution in [3.63, 3.8) is 0 Å². The zero-order valence-electron chi connectivity index (χ0n) is 9.15. The highest BCUT2D eigenvalue weighted by Crippen LogP contribution is 2.24. The topological polar surface area (TPSA) is 55.0 Å². The standard InChI is InChI=1S/C12H12N2O2/c1-8-10(9-4-3-5-13-6-9)7-14-11(8)12(15)16-2/h3-7,14H,1-2H3. The summed E-state index contributed by atoms with van der Waals surface area (Å²) in [4.78, 5) is 18.4. The summed E-state index contributed by atoms with van der Waals surface area (Å²) in [5.41, 5.74) is 3.31. The third-order valence-electron chi connectivity index (χ3n) is 2.50. The Morgan fingerprint density at radius 1 is 1.50 bits per heavy atom. The minimum Gasteiger partial charge on any atom is -0.464 e. The molecule has 82 valence electrons. The van der Waals surface area contributed by atoms with E-state index in [0.717, 1.165) is 16.7 Å². The maximum Gasteiger partial charge on any atom is 0.354 e. The molecule has 0 aromatic carbocycles. The first-order chi connectivity index (χ1) is 7.74. The number of methoxy groups -OCH3 is 1. The fourth-order valence-corrected chi connectivity index (χ4v) is 1.63. The van der Waals surface area contributed by atoms with Gasteiger partial charge < -0.3 is 9.72 Å². The van der Waals surface area contributed by atoms with Crippen molar-refractivity contribution in [2.75, 3.05) is 7.11 Å². The van der Waals surface area contributed by atoms with Gasteiger partial charge in [0, 0.05) is 29.7 Å². The summed E-state index contributed by atoms with van der Waals surface area (Å²) < 4.78 is 4.68. The SMILES string of the molecule is COC(=O)c1[nH]cc(-c2cccnc2)c1C. The summed E-state index contributed by atoms with van der Waals surface area (Å²) in [7, 11) is 1.37. The lowest BCUT2D eigenvalue weighted by Gasteiger charge is -2.00. The Morgan fingerprint density at radius 2 is 2.31 bits per heavy atom. The van der Waals surface area contributed by atoms with Gasteiger partial charge in [-0.15, -0.1) is 0 Å². The number of nitrogens with zero attached hydrogens (tertiary/aromatic N) is 1. The number of hydrogen-bond donors (Lipinski definition) is 1. The van der Waals surface area contributed by atoms with E-state index in [0.29, 0.717) is 5.69 Å². The summed E-state index contributed by atoms with van der Waals surface area (Å²) in [6.45, 7) is 1.88. The number of carbonyl (C=O) groups is 1. The molecule has 0 unspecified atom stereocenters. The molecule has 0 aliphatic rings. The molecule has 16 heavy (non-hydrogen) atoms. The number of nitrogens with one attached hydrogen (secondary N) is 1. The van der Waals surface area contributed by atoms with E-state index in [1.54, 1.807) is 18.6 Å². The van der Waals surface area contributed by atoms with Crippen molar-refractivity contribution in [1.82, 2.24) is 9.97 Å². The molecule has 2 heterocycles. The molecule has 1 N–H and O–H groups in total. The smallest absolute Gasteiger partial charge is 0.354 e. The van der Waals surface area contributed by atoms with E-state index in [1.807, 2.05) is 19.1 Å². The van der Waals surface area contributed by atoms with Gasteiger partial charge in [0.25, 0.3) is 0 Å². The lowest BCUT2D eigenvalue weighted by Crippen LogP contribution is -2.03. The van der Waals surface area contributed by atoms with Gasteiger partial charge in [-0.2, -0.15) is 0 Å². The molecular formula is C12H12N2O2. The van der Waals surface area contributed by atoms with Crippen LogP contribution in [0.2, 0.25) is 0 Å². The zero-order chi connectivity index (χ0) is 11.5. The first-order valence-electron chi connectivity index (χ1n) is 4.90. The van der Waals surface area contributed by atoms with E-state index in [1.165, 1.54) is 7.11 Å². The Balaban J connectivity index is 2.45. The molecule has 0 aliphatic heterocycles. The van der Waals surface area contributed by atoms with E-state index in [4.69, 9.17) is 0 Å². The van der Waals surface area contributed by atoms with E-state index in [-0.39, 0.29) is 5.97 Å². The Bertz CT molecular complexity index is 503. The van der Waals surface area contributed by atoms with Crippen LogP contribution in [0.3, 0.4) is 0 Å². The van der Waals surface area contributed by atoms with Crippen LogP contribution in [0.4, 0.5) is 0 Å². The Hall–Kier alpha value is -2.10. The third kappa shape index (κ3) is 1.69. The van der Waals surface area contributed by atoms with Crippen molar-refractivity contribution in [3.8, 4) is 11.1 Å². The van der Waals surface area contributed by atoms with E-state index in [9.17, 15) is 4.79 Å². The molecular weight excluding hydrogens is 204 g/mol. The fourth-order valence-electron chi connectivity index (χ4n) is 1.63. The van der Waals surface area contributed by atoms with Crippen LogP contribution in [-0.2, 0) is 4.74 Å². The lowest BCUT2D eigenvalue weighted by atomic mass is 10.1. The number of hydrogen-bond acceptors (Lipinski definition) is 3. The number of aromatic amines is 1. The number of esters is 1. The van der Waals surface area contributed by atoms with Gasteiger partial charge in [-0.05, 0) is 18.6 Å². The zero-order valence-corrected chi connectivity index (χ0v) is 9.15. The van der Waals surface area contributed by atoms with Crippen LogP contribution in [0.5, 0.6) is 0 Å². The van der Waals surface area contributed by atoms with Gasteiger partial charge >= 0.3 is 5.97 Å². The van der Waals surface area contributed by atoms with E-state index in [2.05, 4.69) is 14.7 Å². The van der Waals surface area contributed by atoms with E-state index < -0.39 is 0 Å². The van der Waals surface area contributed by atoms with Crippen LogP contribution in [0.15, 0.2) is 30.7 Å².